The predicted octanol–water partition coefficient (Wildman–Crippen LogP) is 2.20. The first-order chi connectivity index (χ1) is 7.41. The zero-order chi connectivity index (χ0) is 12.3. The van der Waals surface area contributed by atoms with Crippen molar-refractivity contribution in [3.63, 3.8) is 0 Å². The molecule has 86 valence electrons. The standard InChI is InChI=1S/C10H9Cl2NO3/c1-5(10(15)16)13-9(14)7-3-2-6(11)4-8(7)12/h2-5H,1H3,(H,13,14)(H,15,16). The van der Waals surface area contributed by atoms with Crippen LogP contribution in [0.5, 0.6) is 0 Å². The van der Waals surface area contributed by atoms with Gasteiger partial charge >= 0.3 is 5.97 Å². The largest absolute Gasteiger partial charge is 0.480 e. The molecule has 0 spiro atoms. The normalized spacial score (nSPS) is 11.9. The lowest BCUT2D eigenvalue weighted by molar-refractivity contribution is -0.138. The van der Waals surface area contributed by atoms with Crippen LogP contribution in [-0.2, 0) is 4.79 Å². The summed E-state index contributed by atoms with van der Waals surface area (Å²) in [5, 5.41) is 11.5. The third-order valence-electron chi connectivity index (χ3n) is 1.89. The number of hydrogen-bond donors (Lipinski definition) is 2. The van der Waals surface area contributed by atoms with Crippen LogP contribution in [0.3, 0.4) is 0 Å². The second kappa shape index (κ2) is 5.18. The second-order valence-corrected chi connectivity index (χ2v) is 4.00. The van der Waals surface area contributed by atoms with E-state index in [1.807, 2.05) is 0 Å². The second-order valence-electron chi connectivity index (χ2n) is 3.16. The summed E-state index contributed by atoms with van der Waals surface area (Å²) in [4.78, 5) is 22.1. The van der Waals surface area contributed by atoms with E-state index in [1.54, 1.807) is 0 Å². The van der Waals surface area contributed by atoms with Crippen molar-refractivity contribution in [2.24, 2.45) is 0 Å². The summed E-state index contributed by atoms with van der Waals surface area (Å²) in [6, 6.07) is 3.39. The van der Waals surface area contributed by atoms with Gasteiger partial charge in [-0.2, -0.15) is 0 Å². The topological polar surface area (TPSA) is 66.4 Å². The minimum absolute atomic E-state index is 0.183. The predicted molar refractivity (Wildman–Crippen MR) is 61.0 cm³/mol. The number of halogens is 2. The van der Waals surface area contributed by atoms with Gasteiger partial charge in [-0.05, 0) is 25.1 Å². The fourth-order valence-electron chi connectivity index (χ4n) is 1.01. The van der Waals surface area contributed by atoms with Gasteiger partial charge in [0.25, 0.3) is 5.91 Å². The van der Waals surface area contributed by atoms with Crippen LogP contribution in [0, 0.1) is 0 Å². The molecule has 0 aliphatic heterocycles. The highest BCUT2D eigenvalue weighted by Crippen LogP contribution is 2.20. The summed E-state index contributed by atoms with van der Waals surface area (Å²) in [5.41, 5.74) is 0.194. The summed E-state index contributed by atoms with van der Waals surface area (Å²) in [7, 11) is 0. The number of aliphatic carboxylic acids is 1. The molecule has 0 fully saturated rings. The Bertz CT molecular complexity index is 434. The fraction of sp³-hybridized carbons (Fsp3) is 0.200. The van der Waals surface area contributed by atoms with E-state index in [-0.39, 0.29) is 10.6 Å². The van der Waals surface area contributed by atoms with Gasteiger partial charge in [-0.1, -0.05) is 23.2 Å². The summed E-state index contributed by atoms with van der Waals surface area (Å²) >= 11 is 11.5. The molecule has 2 N–H and O–H groups in total. The van der Waals surface area contributed by atoms with E-state index in [9.17, 15) is 9.59 Å². The lowest BCUT2D eigenvalue weighted by Crippen LogP contribution is -2.38. The average molecular weight is 262 g/mol. The summed E-state index contributed by atoms with van der Waals surface area (Å²) in [6.45, 7) is 1.37. The monoisotopic (exact) mass is 261 g/mol. The molecule has 0 aliphatic rings. The Morgan fingerprint density at radius 1 is 1.38 bits per heavy atom. The number of amides is 1. The highest BCUT2D eigenvalue weighted by atomic mass is 35.5. The SMILES string of the molecule is CC(NC(=O)c1ccc(Cl)cc1Cl)C(=O)O. The molecular formula is C10H9Cl2NO3. The zero-order valence-electron chi connectivity index (χ0n) is 8.33. The number of rotatable bonds is 3. The van der Waals surface area contributed by atoms with Crippen LogP contribution in [0.1, 0.15) is 17.3 Å². The molecule has 16 heavy (non-hydrogen) atoms. The lowest BCUT2D eigenvalue weighted by Gasteiger charge is -2.10. The van der Waals surface area contributed by atoms with Crippen LogP contribution in [-0.4, -0.2) is 23.0 Å². The molecule has 1 atom stereocenters. The number of carboxylic acids is 1. The molecule has 0 saturated carbocycles. The third-order valence-corrected chi connectivity index (χ3v) is 2.44. The quantitative estimate of drug-likeness (QED) is 0.877. The maximum absolute atomic E-state index is 11.6. The van der Waals surface area contributed by atoms with E-state index in [0.29, 0.717) is 5.02 Å². The van der Waals surface area contributed by atoms with E-state index in [4.69, 9.17) is 28.3 Å². The van der Waals surface area contributed by atoms with Crippen molar-refractivity contribution in [3.05, 3.63) is 33.8 Å². The smallest absolute Gasteiger partial charge is 0.325 e. The first-order valence-electron chi connectivity index (χ1n) is 4.40. The minimum atomic E-state index is -1.11. The first kappa shape index (κ1) is 12.8. The third kappa shape index (κ3) is 3.12. The van der Waals surface area contributed by atoms with Crippen LogP contribution in [0.4, 0.5) is 0 Å². The zero-order valence-corrected chi connectivity index (χ0v) is 9.84. The van der Waals surface area contributed by atoms with E-state index >= 15 is 0 Å². The lowest BCUT2D eigenvalue weighted by atomic mass is 10.2. The molecule has 0 bridgehead atoms. The molecule has 0 aromatic heterocycles. The van der Waals surface area contributed by atoms with Crippen molar-refractivity contribution in [2.45, 2.75) is 13.0 Å². The number of benzene rings is 1. The highest BCUT2D eigenvalue weighted by Gasteiger charge is 2.17. The molecule has 4 nitrogen and oxygen atoms in total. The van der Waals surface area contributed by atoms with Crippen LogP contribution in [0.2, 0.25) is 10.0 Å². The van der Waals surface area contributed by atoms with Gasteiger partial charge in [0.1, 0.15) is 6.04 Å². The molecule has 0 heterocycles. The Labute approximate surface area is 102 Å². The van der Waals surface area contributed by atoms with Crippen molar-refractivity contribution >= 4 is 35.1 Å². The van der Waals surface area contributed by atoms with Crippen molar-refractivity contribution < 1.29 is 14.7 Å². The summed E-state index contributed by atoms with van der Waals surface area (Å²) < 4.78 is 0. The van der Waals surface area contributed by atoms with Crippen LogP contribution in [0.15, 0.2) is 18.2 Å². The molecule has 0 saturated heterocycles. The maximum Gasteiger partial charge on any atom is 0.325 e. The number of carbonyl (C=O) groups excluding carboxylic acids is 1. The average Bonchev–Trinajstić information content (AvgIpc) is 2.16. The van der Waals surface area contributed by atoms with Gasteiger partial charge in [0.15, 0.2) is 0 Å². The Hall–Kier alpha value is -1.26. The van der Waals surface area contributed by atoms with Gasteiger partial charge in [-0.15, -0.1) is 0 Å². The molecule has 1 aromatic carbocycles. The number of nitrogens with one attached hydrogen (secondary N) is 1. The van der Waals surface area contributed by atoms with Gasteiger partial charge in [-0.25, -0.2) is 0 Å². The molecule has 1 amide bonds. The highest BCUT2D eigenvalue weighted by molar-refractivity contribution is 6.36. The molecule has 1 unspecified atom stereocenters. The fourth-order valence-corrected chi connectivity index (χ4v) is 1.50. The summed E-state index contributed by atoms with van der Waals surface area (Å²) in [6.07, 6.45) is 0. The Morgan fingerprint density at radius 3 is 2.50 bits per heavy atom. The van der Waals surface area contributed by atoms with Gasteiger partial charge in [-0.3, -0.25) is 9.59 Å². The van der Waals surface area contributed by atoms with Gasteiger partial charge in [0.2, 0.25) is 0 Å². The molecular weight excluding hydrogens is 253 g/mol. The number of carbonyl (C=O) groups is 2. The molecule has 0 aliphatic carbocycles. The number of carboxylic acid groups (broad SMARTS) is 1. The molecule has 0 radical (unpaired) electrons. The van der Waals surface area contributed by atoms with Crippen molar-refractivity contribution in [1.29, 1.82) is 0 Å². The molecule has 1 rings (SSSR count). The van der Waals surface area contributed by atoms with Crippen LogP contribution < -0.4 is 5.32 Å². The summed E-state index contributed by atoms with van der Waals surface area (Å²) in [5.74, 6) is -1.66. The maximum atomic E-state index is 11.6. The van der Waals surface area contributed by atoms with Crippen molar-refractivity contribution in [3.8, 4) is 0 Å². The van der Waals surface area contributed by atoms with Gasteiger partial charge in [0, 0.05) is 5.02 Å². The Balaban J connectivity index is 2.85. The van der Waals surface area contributed by atoms with Gasteiger partial charge < -0.3 is 10.4 Å². The van der Waals surface area contributed by atoms with E-state index < -0.39 is 17.9 Å². The Kier molecular flexibility index (Phi) is 4.15. The molecule has 1 aromatic rings. The molecule has 6 heteroatoms. The Morgan fingerprint density at radius 2 is 2.00 bits per heavy atom. The first-order valence-corrected chi connectivity index (χ1v) is 5.16. The van der Waals surface area contributed by atoms with Gasteiger partial charge in [0.05, 0.1) is 10.6 Å². The number of hydrogen-bond acceptors (Lipinski definition) is 2. The van der Waals surface area contributed by atoms with Crippen molar-refractivity contribution in [1.82, 2.24) is 5.32 Å². The van der Waals surface area contributed by atoms with Crippen LogP contribution >= 0.6 is 23.2 Å². The van der Waals surface area contributed by atoms with E-state index in [0.717, 1.165) is 0 Å². The van der Waals surface area contributed by atoms with E-state index in [1.165, 1.54) is 25.1 Å². The van der Waals surface area contributed by atoms with E-state index in [2.05, 4.69) is 5.32 Å². The van der Waals surface area contributed by atoms with Crippen LogP contribution in [0.25, 0.3) is 0 Å². The van der Waals surface area contributed by atoms with Crippen molar-refractivity contribution in [2.75, 3.05) is 0 Å². The minimum Gasteiger partial charge on any atom is -0.480 e.